The van der Waals surface area contributed by atoms with Gasteiger partial charge in [-0.25, -0.2) is 9.97 Å². The number of nitrogens with zero attached hydrogens (tertiary/aromatic N) is 2. The highest BCUT2D eigenvalue weighted by molar-refractivity contribution is 7.98. The molecule has 0 aromatic carbocycles. The van der Waals surface area contributed by atoms with E-state index in [-0.39, 0.29) is 0 Å². The van der Waals surface area contributed by atoms with Crippen LogP contribution in [0.1, 0.15) is 20.3 Å². The Labute approximate surface area is 124 Å². The van der Waals surface area contributed by atoms with E-state index in [1.807, 2.05) is 6.26 Å². The van der Waals surface area contributed by atoms with Crippen molar-refractivity contribution in [1.82, 2.24) is 9.97 Å². The van der Waals surface area contributed by atoms with Gasteiger partial charge in [0.1, 0.15) is 6.33 Å². The third kappa shape index (κ3) is 5.05. The summed E-state index contributed by atoms with van der Waals surface area (Å²) in [7, 11) is 1.58. The van der Waals surface area contributed by atoms with E-state index in [4.69, 9.17) is 4.74 Å². The number of aliphatic hydroxyl groups is 1. The van der Waals surface area contributed by atoms with Gasteiger partial charge in [-0.1, -0.05) is 6.92 Å². The molecule has 7 heteroatoms. The van der Waals surface area contributed by atoms with Crippen LogP contribution in [0.15, 0.2) is 6.33 Å². The molecule has 3 N–H and O–H groups in total. The summed E-state index contributed by atoms with van der Waals surface area (Å²) >= 11 is 1.60. The number of hydrogen-bond acceptors (Lipinski definition) is 7. The Morgan fingerprint density at radius 3 is 2.55 bits per heavy atom. The lowest BCUT2D eigenvalue weighted by Crippen LogP contribution is -2.36. The normalized spacial score (nSPS) is 13.7. The molecule has 1 aromatic rings. The van der Waals surface area contributed by atoms with Crippen LogP contribution in [0, 0.1) is 0 Å². The van der Waals surface area contributed by atoms with Gasteiger partial charge in [0.15, 0.2) is 11.6 Å². The van der Waals surface area contributed by atoms with Gasteiger partial charge in [-0.3, -0.25) is 0 Å². The van der Waals surface area contributed by atoms with Crippen molar-refractivity contribution in [2.45, 2.75) is 25.9 Å². The zero-order valence-corrected chi connectivity index (χ0v) is 13.4. The lowest BCUT2D eigenvalue weighted by molar-refractivity contribution is 0.0995. The van der Waals surface area contributed by atoms with Crippen molar-refractivity contribution >= 4 is 23.4 Å². The summed E-state index contributed by atoms with van der Waals surface area (Å²) < 4.78 is 5.36. The Kier molecular flexibility index (Phi) is 6.87. The van der Waals surface area contributed by atoms with Crippen LogP contribution < -0.4 is 15.4 Å². The fourth-order valence-electron chi connectivity index (χ4n) is 1.70. The first kappa shape index (κ1) is 16.8. The highest BCUT2D eigenvalue weighted by atomic mass is 32.2. The summed E-state index contributed by atoms with van der Waals surface area (Å²) in [6, 6.07) is 0. The van der Waals surface area contributed by atoms with E-state index in [2.05, 4.69) is 27.5 Å². The number of methoxy groups -OCH3 is 1. The van der Waals surface area contributed by atoms with Crippen LogP contribution >= 0.6 is 11.8 Å². The van der Waals surface area contributed by atoms with Crippen LogP contribution in [0.4, 0.5) is 11.6 Å². The van der Waals surface area contributed by atoms with E-state index in [1.165, 1.54) is 6.33 Å². The molecular formula is C13H24N4O2S. The molecule has 0 saturated heterocycles. The van der Waals surface area contributed by atoms with E-state index >= 15 is 0 Å². The minimum absolute atomic E-state index is 0.397. The molecule has 114 valence electrons. The molecular weight excluding hydrogens is 276 g/mol. The summed E-state index contributed by atoms with van der Waals surface area (Å²) in [6.07, 6.45) is 4.44. The number of anilines is 2. The van der Waals surface area contributed by atoms with Crippen molar-refractivity contribution in [2.24, 2.45) is 0 Å². The summed E-state index contributed by atoms with van der Waals surface area (Å²) in [5, 5.41) is 16.5. The molecule has 1 heterocycles. The maximum absolute atomic E-state index is 10.2. The van der Waals surface area contributed by atoms with Crippen molar-refractivity contribution < 1.29 is 9.84 Å². The van der Waals surface area contributed by atoms with Crippen LogP contribution in [0.25, 0.3) is 0 Å². The molecule has 1 unspecified atom stereocenters. The Hall–Kier alpha value is -1.21. The first-order chi connectivity index (χ1) is 9.54. The van der Waals surface area contributed by atoms with Crippen LogP contribution in [-0.4, -0.2) is 52.9 Å². The van der Waals surface area contributed by atoms with E-state index in [1.54, 1.807) is 25.8 Å². The highest BCUT2D eigenvalue weighted by Crippen LogP contribution is 2.29. The average molecular weight is 300 g/mol. The first-order valence-electron chi connectivity index (χ1n) is 6.62. The third-order valence-electron chi connectivity index (χ3n) is 2.64. The van der Waals surface area contributed by atoms with Crippen molar-refractivity contribution in [3.8, 4) is 5.75 Å². The minimum Gasteiger partial charge on any atom is -0.490 e. The van der Waals surface area contributed by atoms with Crippen molar-refractivity contribution in [1.29, 1.82) is 0 Å². The summed E-state index contributed by atoms with van der Waals surface area (Å²) in [5.41, 5.74) is -0.799. The Morgan fingerprint density at radius 1 is 1.35 bits per heavy atom. The first-order valence-corrected chi connectivity index (χ1v) is 8.01. The van der Waals surface area contributed by atoms with Gasteiger partial charge in [-0.05, 0) is 19.6 Å². The molecule has 0 aliphatic carbocycles. The third-order valence-corrected chi connectivity index (χ3v) is 3.55. The average Bonchev–Trinajstić information content (AvgIpc) is 2.42. The van der Waals surface area contributed by atoms with Crippen LogP contribution in [0.2, 0.25) is 0 Å². The van der Waals surface area contributed by atoms with Crippen LogP contribution in [-0.2, 0) is 0 Å². The second-order valence-corrected chi connectivity index (χ2v) is 5.68. The molecule has 1 aromatic heterocycles. The fraction of sp³-hybridized carbons (Fsp3) is 0.692. The Morgan fingerprint density at radius 2 is 2.00 bits per heavy atom. The molecule has 6 nitrogen and oxygen atoms in total. The number of nitrogens with one attached hydrogen (secondary N) is 2. The number of ether oxygens (including phenoxy) is 1. The summed E-state index contributed by atoms with van der Waals surface area (Å²) in [6.45, 7) is 5.09. The second-order valence-electron chi connectivity index (χ2n) is 4.81. The topological polar surface area (TPSA) is 79.3 Å². The predicted molar refractivity (Wildman–Crippen MR) is 84.9 cm³/mol. The molecule has 0 bridgehead atoms. The number of rotatable bonds is 9. The van der Waals surface area contributed by atoms with Gasteiger partial charge in [0.25, 0.3) is 0 Å². The molecule has 0 fully saturated rings. The largest absolute Gasteiger partial charge is 0.490 e. The molecule has 1 rings (SSSR count). The number of thioether (sulfide) groups is 1. The molecule has 0 aliphatic heterocycles. The monoisotopic (exact) mass is 300 g/mol. The molecule has 0 saturated carbocycles. The van der Waals surface area contributed by atoms with E-state index in [0.29, 0.717) is 29.7 Å². The number of aromatic nitrogens is 2. The summed E-state index contributed by atoms with van der Waals surface area (Å²) in [5.74, 6) is 2.47. The van der Waals surface area contributed by atoms with Gasteiger partial charge in [-0.15, -0.1) is 0 Å². The molecule has 1 atom stereocenters. The standard InChI is InChI=1S/C13H24N4O2S/c1-5-6-14-11-10(19-3)12(17-9-16-11)15-7-13(2,18)8-20-4/h9,18H,5-8H2,1-4H3,(H2,14,15,16,17). The van der Waals surface area contributed by atoms with Gasteiger partial charge in [0.2, 0.25) is 5.75 Å². The molecule has 0 aliphatic rings. The maximum atomic E-state index is 10.2. The van der Waals surface area contributed by atoms with E-state index in [9.17, 15) is 5.11 Å². The highest BCUT2D eigenvalue weighted by Gasteiger charge is 2.21. The summed E-state index contributed by atoms with van der Waals surface area (Å²) in [4.78, 5) is 8.35. The maximum Gasteiger partial charge on any atom is 0.204 e. The fourth-order valence-corrected chi connectivity index (χ4v) is 2.42. The molecule has 0 amide bonds. The van der Waals surface area contributed by atoms with Crippen molar-refractivity contribution in [3.05, 3.63) is 6.33 Å². The lowest BCUT2D eigenvalue weighted by atomic mass is 10.1. The van der Waals surface area contributed by atoms with Gasteiger partial charge in [0.05, 0.1) is 12.7 Å². The van der Waals surface area contributed by atoms with Crippen molar-refractivity contribution in [3.63, 3.8) is 0 Å². The molecule has 20 heavy (non-hydrogen) atoms. The quantitative estimate of drug-likeness (QED) is 0.642. The number of hydrogen-bond donors (Lipinski definition) is 3. The lowest BCUT2D eigenvalue weighted by Gasteiger charge is -2.23. The van der Waals surface area contributed by atoms with Gasteiger partial charge in [0, 0.05) is 18.8 Å². The SMILES string of the molecule is CCCNc1ncnc(NCC(C)(O)CSC)c1OC. The van der Waals surface area contributed by atoms with Gasteiger partial charge in [-0.2, -0.15) is 11.8 Å². The smallest absolute Gasteiger partial charge is 0.204 e. The van der Waals surface area contributed by atoms with Gasteiger partial charge < -0.3 is 20.5 Å². The molecule has 0 spiro atoms. The van der Waals surface area contributed by atoms with E-state index in [0.717, 1.165) is 13.0 Å². The van der Waals surface area contributed by atoms with Crippen LogP contribution in [0.5, 0.6) is 5.75 Å². The van der Waals surface area contributed by atoms with Crippen molar-refractivity contribution in [2.75, 3.05) is 42.8 Å². The zero-order chi connectivity index (χ0) is 15.0. The van der Waals surface area contributed by atoms with E-state index < -0.39 is 5.60 Å². The predicted octanol–water partition coefficient (Wildman–Crippen LogP) is 1.83. The second kappa shape index (κ2) is 8.16. The molecule has 0 radical (unpaired) electrons. The zero-order valence-electron chi connectivity index (χ0n) is 12.6. The minimum atomic E-state index is -0.799. The Balaban J connectivity index is 2.79. The van der Waals surface area contributed by atoms with Crippen LogP contribution in [0.3, 0.4) is 0 Å². The Bertz CT molecular complexity index is 415. The van der Waals surface area contributed by atoms with Gasteiger partial charge >= 0.3 is 0 Å².